The van der Waals surface area contributed by atoms with Crippen molar-refractivity contribution in [1.29, 1.82) is 0 Å². The number of aliphatic carboxylic acids is 1. The van der Waals surface area contributed by atoms with Crippen molar-refractivity contribution in [2.45, 2.75) is 24.8 Å². The van der Waals surface area contributed by atoms with Gasteiger partial charge in [-0.25, -0.2) is 0 Å². The second-order valence-corrected chi connectivity index (χ2v) is 8.00. The van der Waals surface area contributed by atoms with Crippen LogP contribution in [0.2, 0.25) is 0 Å². The predicted octanol–water partition coefficient (Wildman–Crippen LogP) is 5.74. The summed E-state index contributed by atoms with van der Waals surface area (Å²) in [6.45, 7) is 0. The molecule has 0 spiro atoms. The molecule has 0 radical (unpaired) electrons. The molecule has 4 aromatic rings. The fraction of sp³-hybridized carbons (Fsp3) is 0.148. The summed E-state index contributed by atoms with van der Waals surface area (Å²) >= 11 is 0. The van der Waals surface area contributed by atoms with Crippen molar-refractivity contribution >= 4 is 16.7 Å². The van der Waals surface area contributed by atoms with Gasteiger partial charge in [0.05, 0.1) is 5.92 Å². The molecule has 31 heavy (non-hydrogen) atoms. The van der Waals surface area contributed by atoms with E-state index in [1.807, 2.05) is 60.7 Å². The number of rotatable bonds is 4. The van der Waals surface area contributed by atoms with Crippen LogP contribution in [0.5, 0.6) is 11.5 Å². The van der Waals surface area contributed by atoms with E-state index in [0.717, 1.165) is 39.8 Å². The van der Waals surface area contributed by atoms with Crippen molar-refractivity contribution in [1.82, 2.24) is 0 Å². The van der Waals surface area contributed by atoms with Gasteiger partial charge in [0.1, 0.15) is 11.5 Å². The third kappa shape index (κ3) is 3.56. The first-order valence-corrected chi connectivity index (χ1v) is 10.5. The van der Waals surface area contributed by atoms with Crippen LogP contribution in [0.15, 0.2) is 84.9 Å². The van der Waals surface area contributed by atoms with Crippen molar-refractivity contribution < 1.29 is 14.6 Å². The predicted molar refractivity (Wildman–Crippen MR) is 123 cm³/mol. The molecule has 0 saturated heterocycles. The maximum absolute atomic E-state index is 11.8. The monoisotopic (exact) mass is 409 g/mol. The van der Waals surface area contributed by atoms with Crippen LogP contribution in [-0.4, -0.2) is 17.1 Å². The molecule has 4 heteroatoms. The van der Waals surface area contributed by atoms with Crippen molar-refractivity contribution in [3.05, 3.63) is 96.1 Å². The first-order chi connectivity index (χ1) is 15.1. The van der Waals surface area contributed by atoms with Crippen LogP contribution in [0.4, 0.5) is 0 Å². The van der Waals surface area contributed by atoms with Crippen LogP contribution >= 0.6 is 0 Å². The molecule has 0 amide bonds. The SMILES string of the molecule is NC1CCc2ccc(Oc3ccccc3-c3cccc4ccccc34)cc2C1C(=O)O. The number of nitrogens with two attached hydrogens (primary N) is 1. The number of hydrogen-bond acceptors (Lipinski definition) is 3. The van der Waals surface area contributed by atoms with Gasteiger partial charge in [0.15, 0.2) is 0 Å². The van der Waals surface area contributed by atoms with Crippen LogP contribution in [0.25, 0.3) is 21.9 Å². The quantitative estimate of drug-likeness (QED) is 0.451. The number of aryl methyl sites for hydroxylation is 1. The molecule has 0 heterocycles. The fourth-order valence-corrected chi connectivity index (χ4v) is 4.55. The molecule has 4 aromatic carbocycles. The van der Waals surface area contributed by atoms with E-state index < -0.39 is 11.9 Å². The van der Waals surface area contributed by atoms with Crippen LogP contribution in [-0.2, 0) is 11.2 Å². The Morgan fingerprint density at radius 1 is 0.903 bits per heavy atom. The minimum Gasteiger partial charge on any atom is -0.481 e. The second kappa shape index (κ2) is 7.89. The molecule has 0 aromatic heterocycles. The highest BCUT2D eigenvalue weighted by Gasteiger charge is 2.33. The minimum atomic E-state index is -0.887. The van der Waals surface area contributed by atoms with E-state index in [2.05, 4.69) is 24.3 Å². The molecule has 0 saturated carbocycles. The molecule has 3 N–H and O–H groups in total. The van der Waals surface area contributed by atoms with E-state index in [1.54, 1.807) is 0 Å². The molecule has 1 aliphatic carbocycles. The van der Waals surface area contributed by atoms with Crippen LogP contribution in [0.3, 0.4) is 0 Å². The minimum absolute atomic E-state index is 0.386. The summed E-state index contributed by atoms with van der Waals surface area (Å²) in [4.78, 5) is 11.8. The molecule has 4 nitrogen and oxygen atoms in total. The first-order valence-electron chi connectivity index (χ1n) is 10.5. The second-order valence-electron chi connectivity index (χ2n) is 8.00. The maximum Gasteiger partial charge on any atom is 0.312 e. The van der Waals surface area contributed by atoms with E-state index in [-0.39, 0.29) is 6.04 Å². The number of carboxylic acid groups (broad SMARTS) is 1. The average Bonchev–Trinajstić information content (AvgIpc) is 2.78. The van der Waals surface area contributed by atoms with E-state index in [0.29, 0.717) is 12.2 Å². The Labute approximate surface area is 180 Å². The topological polar surface area (TPSA) is 72.5 Å². The molecule has 0 bridgehead atoms. The number of benzene rings is 4. The Hall–Kier alpha value is -3.63. The van der Waals surface area contributed by atoms with Crippen molar-refractivity contribution in [2.24, 2.45) is 5.73 Å². The lowest BCUT2D eigenvalue weighted by Gasteiger charge is -2.28. The first kappa shape index (κ1) is 19.3. The Morgan fingerprint density at radius 2 is 1.65 bits per heavy atom. The number of fused-ring (bicyclic) bond motifs is 2. The zero-order chi connectivity index (χ0) is 21.4. The van der Waals surface area contributed by atoms with Gasteiger partial charge in [-0.3, -0.25) is 4.79 Å². The van der Waals surface area contributed by atoms with Gasteiger partial charge in [-0.15, -0.1) is 0 Å². The molecule has 2 atom stereocenters. The van der Waals surface area contributed by atoms with Gasteiger partial charge < -0.3 is 15.6 Å². The smallest absolute Gasteiger partial charge is 0.312 e. The number of hydrogen-bond donors (Lipinski definition) is 2. The highest BCUT2D eigenvalue weighted by atomic mass is 16.5. The summed E-state index contributed by atoms with van der Waals surface area (Å²) < 4.78 is 6.31. The highest BCUT2D eigenvalue weighted by Crippen LogP contribution is 2.39. The Morgan fingerprint density at radius 3 is 2.52 bits per heavy atom. The normalized spacial score (nSPS) is 17.8. The van der Waals surface area contributed by atoms with Gasteiger partial charge in [-0.1, -0.05) is 66.7 Å². The summed E-state index contributed by atoms with van der Waals surface area (Å²) in [5.41, 5.74) is 10.00. The molecular formula is C27H23NO3. The summed E-state index contributed by atoms with van der Waals surface area (Å²) in [7, 11) is 0. The molecule has 154 valence electrons. The number of ether oxygens (including phenoxy) is 1. The number of carboxylic acids is 1. The van der Waals surface area contributed by atoms with Crippen molar-refractivity contribution in [2.75, 3.05) is 0 Å². The van der Waals surface area contributed by atoms with Crippen molar-refractivity contribution in [3.8, 4) is 22.6 Å². The Balaban J connectivity index is 1.56. The lowest BCUT2D eigenvalue weighted by Crippen LogP contribution is -2.37. The van der Waals surface area contributed by atoms with Crippen LogP contribution < -0.4 is 10.5 Å². The zero-order valence-corrected chi connectivity index (χ0v) is 17.0. The maximum atomic E-state index is 11.8. The van der Waals surface area contributed by atoms with E-state index in [1.165, 1.54) is 5.39 Å². The lowest BCUT2D eigenvalue weighted by atomic mass is 9.79. The third-order valence-electron chi connectivity index (χ3n) is 6.09. The third-order valence-corrected chi connectivity index (χ3v) is 6.09. The summed E-state index contributed by atoms with van der Waals surface area (Å²) in [6.07, 6.45) is 1.46. The van der Waals surface area contributed by atoms with Crippen LogP contribution in [0.1, 0.15) is 23.5 Å². The van der Waals surface area contributed by atoms with Gasteiger partial charge in [0.25, 0.3) is 0 Å². The highest BCUT2D eigenvalue weighted by molar-refractivity contribution is 5.98. The molecular weight excluding hydrogens is 386 g/mol. The molecule has 5 rings (SSSR count). The molecule has 0 fully saturated rings. The van der Waals surface area contributed by atoms with E-state index in [4.69, 9.17) is 10.5 Å². The number of carbonyl (C=O) groups is 1. The standard InChI is InChI=1S/C27H23NO3/c28-24-15-13-18-12-14-19(16-23(18)26(24)27(29)30)31-25-11-4-3-9-22(25)21-10-5-7-17-6-1-2-8-20(17)21/h1-12,14,16,24,26H,13,15,28H2,(H,29,30). The average molecular weight is 409 g/mol. The van der Waals surface area contributed by atoms with E-state index in [9.17, 15) is 9.90 Å². The van der Waals surface area contributed by atoms with Gasteiger partial charge >= 0.3 is 5.97 Å². The Bertz CT molecular complexity index is 1280. The van der Waals surface area contributed by atoms with Gasteiger partial charge in [0, 0.05) is 11.6 Å². The molecule has 2 unspecified atom stereocenters. The Kier molecular flexibility index (Phi) is 4.92. The van der Waals surface area contributed by atoms with Crippen molar-refractivity contribution in [3.63, 3.8) is 0 Å². The summed E-state index contributed by atoms with van der Waals surface area (Å²) in [6, 6.07) is 27.8. The van der Waals surface area contributed by atoms with Gasteiger partial charge in [0.2, 0.25) is 0 Å². The van der Waals surface area contributed by atoms with E-state index >= 15 is 0 Å². The molecule has 1 aliphatic rings. The lowest BCUT2D eigenvalue weighted by molar-refractivity contribution is -0.139. The fourth-order valence-electron chi connectivity index (χ4n) is 4.55. The zero-order valence-electron chi connectivity index (χ0n) is 17.0. The van der Waals surface area contributed by atoms with Gasteiger partial charge in [-0.2, -0.15) is 0 Å². The summed E-state index contributed by atoms with van der Waals surface area (Å²) in [5, 5.41) is 12.0. The summed E-state index contributed by atoms with van der Waals surface area (Å²) in [5.74, 6) is -0.250. The number of para-hydroxylation sites is 1. The molecule has 0 aliphatic heterocycles. The van der Waals surface area contributed by atoms with Crippen LogP contribution in [0, 0.1) is 0 Å². The van der Waals surface area contributed by atoms with Gasteiger partial charge in [-0.05, 0) is 58.5 Å². The largest absolute Gasteiger partial charge is 0.481 e.